The number of rotatable bonds is 4. The number of aromatic nitrogens is 1. The molecule has 2 heterocycles. The summed E-state index contributed by atoms with van der Waals surface area (Å²) in [6.45, 7) is 11.4. The van der Waals surface area contributed by atoms with Crippen LogP contribution < -0.4 is 10.2 Å². The molecule has 5 nitrogen and oxygen atoms in total. The smallest absolute Gasteiger partial charge is 0.253 e. The minimum Gasteiger partial charge on any atom is -0.354 e. The number of pyridine rings is 1. The molecule has 20 heavy (non-hydrogen) atoms. The van der Waals surface area contributed by atoms with Gasteiger partial charge in [0.15, 0.2) is 0 Å². The van der Waals surface area contributed by atoms with E-state index in [0.717, 1.165) is 38.5 Å². The van der Waals surface area contributed by atoms with Crippen LogP contribution in [0.15, 0.2) is 18.3 Å². The summed E-state index contributed by atoms with van der Waals surface area (Å²) < 4.78 is 0. The molecular weight excluding hydrogens is 252 g/mol. The zero-order valence-electron chi connectivity index (χ0n) is 12.6. The molecule has 1 aliphatic rings. The van der Waals surface area contributed by atoms with E-state index in [4.69, 9.17) is 0 Å². The van der Waals surface area contributed by atoms with Crippen molar-refractivity contribution >= 4 is 11.7 Å². The Bertz CT molecular complexity index is 436. The lowest BCUT2D eigenvalue weighted by atomic mass is 10.2. The highest BCUT2D eigenvalue weighted by Crippen LogP contribution is 2.14. The molecular formula is C15H24N4O. The molecule has 1 aromatic heterocycles. The largest absolute Gasteiger partial charge is 0.354 e. The lowest BCUT2D eigenvalue weighted by Crippen LogP contribution is -2.46. The summed E-state index contributed by atoms with van der Waals surface area (Å²) in [6, 6.07) is 3.94. The normalized spacial score (nSPS) is 16.5. The molecule has 1 aliphatic heterocycles. The van der Waals surface area contributed by atoms with Crippen LogP contribution in [0.5, 0.6) is 0 Å². The maximum Gasteiger partial charge on any atom is 0.253 e. The number of nitrogens with zero attached hydrogens (tertiary/aromatic N) is 3. The average molecular weight is 276 g/mol. The summed E-state index contributed by atoms with van der Waals surface area (Å²) in [5.41, 5.74) is 0.620. The fourth-order valence-electron chi connectivity index (χ4n) is 2.35. The summed E-state index contributed by atoms with van der Waals surface area (Å²) in [5, 5.41) is 2.87. The number of piperazine rings is 1. The first-order valence-corrected chi connectivity index (χ1v) is 7.34. The Morgan fingerprint density at radius 1 is 1.30 bits per heavy atom. The van der Waals surface area contributed by atoms with E-state index < -0.39 is 0 Å². The van der Waals surface area contributed by atoms with E-state index in [9.17, 15) is 4.79 Å². The van der Waals surface area contributed by atoms with Gasteiger partial charge in [0.1, 0.15) is 5.82 Å². The predicted molar refractivity (Wildman–Crippen MR) is 81.2 cm³/mol. The molecule has 0 radical (unpaired) electrons. The van der Waals surface area contributed by atoms with Crippen LogP contribution in [-0.4, -0.2) is 54.6 Å². The van der Waals surface area contributed by atoms with Gasteiger partial charge >= 0.3 is 0 Å². The van der Waals surface area contributed by atoms with Crippen molar-refractivity contribution in [3.8, 4) is 0 Å². The highest BCUT2D eigenvalue weighted by molar-refractivity contribution is 5.94. The molecule has 1 fully saturated rings. The monoisotopic (exact) mass is 276 g/mol. The van der Waals surface area contributed by atoms with Crippen LogP contribution in [0.25, 0.3) is 0 Å². The first-order valence-electron chi connectivity index (χ1n) is 7.34. The fraction of sp³-hybridized carbons (Fsp3) is 0.600. The number of hydrogen-bond donors (Lipinski definition) is 1. The molecule has 1 N–H and O–H groups in total. The van der Waals surface area contributed by atoms with Crippen molar-refractivity contribution < 1.29 is 4.79 Å². The van der Waals surface area contributed by atoms with Gasteiger partial charge in [-0.05, 0) is 32.5 Å². The zero-order valence-corrected chi connectivity index (χ0v) is 12.6. The number of anilines is 1. The first-order chi connectivity index (χ1) is 9.60. The third-order valence-electron chi connectivity index (χ3n) is 3.57. The Labute approximate surface area is 121 Å². The second-order valence-corrected chi connectivity index (χ2v) is 5.45. The van der Waals surface area contributed by atoms with Gasteiger partial charge in [0, 0.05) is 38.4 Å². The van der Waals surface area contributed by atoms with Crippen LogP contribution in [0.3, 0.4) is 0 Å². The lowest BCUT2D eigenvalue weighted by molar-refractivity contribution is 0.0943. The van der Waals surface area contributed by atoms with Gasteiger partial charge in [0.2, 0.25) is 0 Å². The van der Waals surface area contributed by atoms with E-state index in [1.165, 1.54) is 0 Å². The van der Waals surface area contributed by atoms with Crippen LogP contribution in [0, 0.1) is 0 Å². The number of carbonyl (C=O) groups is 1. The summed E-state index contributed by atoms with van der Waals surface area (Å²) in [5.74, 6) is 0.900. The van der Waals surface area contributed by atoms with Gasteiger partial charge in [-0.3, -0.25) is 4.79 Å². The lowest BCUT2D eigenvalue weighted by Gasteiger charge is -2.34. The third kappa shape index (κ3) is 3.70. The van der Waals surface area contributed by atoms with Gasteiger partial charge in [-0.2, -0.15) is 0 Å². The maximum atomic E-state index is 11.9. The maximum absolute atomic E-state index is 11.9. The van der Waals surface area contributed by atoms with Gasteiger partial charge < -0.3 is 15.1 Å². The van der Waals surface area contributed by atoms with Crippen molar-refractivity contribution in [3.05, 3.63) is 23.9 Å². The Kier molecular flexibility index (Phi) is 4.95. The Morgan fingerprint density at radius 2 is 2.00 bits per heavy atom. The Hall–Kier alpha value is -1.62. The molecule has 0 aliphatic carbocycles. The van der Waals surface area contributed by atoms with E-state index >= 15 is 0 Å². The fourth-order valence-corrected chi connectivity index (χ4v) is 2.35. The summed E-state index contributed by atoms with van der Waals surface area (Å²) in [6.07, 6.45) is 1.67. The number of nitrogens with one attached hydrogen (secondary N) is 1. The standard InChI is InChI=1S/C15H24N4O/c1-4-18-7-9-19(10-8-18)14-6-5-13(11-16-14)15(20)17-12(2)3/h5-6,11-12H,4,7-10H2,1-3H3,(H,17,20). The highest BCUT2D eigenvalue weighted by Gasteiger charge is 2.17. The molecule has 0 saturated carbocycles. The van der Waals surface area contributed by atoms with Crippen molar-refractivity contribution in [1.82, 2.24) is 15.2 Å². The predicted octanol–water partition coefficient (Wildman–Crippen LogP) is 1.36. The topological polar surface area (TPSA) is 48.5 Å². The third-order valence-corrected chi connectivity index (χ3v) is 3.57. The van der Waals surface area contributed by atoms with E-state index in [2.05, 4.69) is 27.0 Å². The molecule has 1 aromatic rings. The van der Waals surface area contributed by atoms with Crippen LogP contribution in [-0.2, 0) is 0 Å². The molecule has 5 heteroatoms. The summed E-state index contributed by atoms with van der Waals surface area (Å²) in [4.78, 5) is 21.0. The average Bonchev–Trinajstić information content (AvgIpc) is 2.47. The van der Waals surface area contributed by atoms with Crippen molar-refractivity contribution in [2.45, 2.75) is 26.8 Å². The van der Waals surface area contributed by atoms with E-state index in [1.54, 1.807) is 6.20 Å². The van der Waals surface area contributed by atoms with Gasteiger partial charge in [-0.15, -0.1) is 0 Å². The molecule has 1 saturated heterocycles. The molecule has 0 aromatic carbocycles. The van der Waals surface area contributed by atoms with Crippen molar-refractivity contribution in [2.75, 3.05) is 37.6 Å². The number of carbonyl (C=O) groups excluding carboxylic acids is 1. The minimum atomic E-state index is -0.0603. The molecule has 110 valence electrons. The number of amides is 1. The van der Waals surface area contributed by atoms with Crippen molar-refractivity contribution in [1.29, 1.82) is 0 Å². The molecule has 0 spiro atoms. The van der Waals surface area contributed by atoms with Crippen LogP contribution in [0.1, 0.15) is 31.1 Å². The summed E-state index contributed by atoms with van der Waals surface area (Å²) in [7, 11) is 0. The molecule has 0 unspecified atom stereocenters. The van der Waals surface area contributed by atoms with Gasteiger partial charge in [0.05, 0.1) is 5.56 Å². The van der Waals surface area contributed by atoms with Crippen LogP contribution >= 0.6 is 0 Å². The van der Waals surface area contributed by atoms with Crippen molar-refractivity contribution in [3.63, 3.8) is 0 Å². The molecule has 2 rings (SSSR count). The Morgan fingerprint density at radius 3 is 2.50 bits per heavy atom. The zero-order chi connectivity index (χ0) is 14.5. The first kappa shape index (κ1) is 14.8. The van der Waals surface area contributed by atoms with E-state index in [1.807, 2.05) is 26.0 Å². The second kappa shape index (κ2) is 6.70. The van der Waals surface area contributed by atoms with Gasteiger partial charge in [0.25, 0.3) is 5.91 Å². The molecule has 0 atom stereocenters. The van der Waals surface area contributed by atoms with Crippen molar-refractivity contribution in [2.24, 2.45) is 0 Å². The summed E-state index contributed by atoms with van der Waals surface area (Å²) >= 11 is 0. The van der Waals surface area contributed by atoms with E-state index in [-0.39, 0.29) is 11.9 Å². The SMILES string of the molecule is CCN1CCN(c2ccc(C(=O)NC(C)C)cn2)CC1. The second-order valence-electron chi connectivity index (χ2n) is 5.45. The minimum absolute atomic E-state index is 0.0603. The quantitative estimate of drug-likeness (QED) is 0.902. The van der Waals surface area contributed by atoms with E-state index in [0.29, 0.717) is 5.56 Å². The van der Waals surface area contributed by atoms with Crippen LogP contribution in [0.2, 0.25) is 0 Å². The molecule has 0 bridgehead atoms. The van der Waals surface area contributed by atoms with Gasteiger partial charge in [-0.1, -0.05) is 6.92 Å². The van der Waals surface area contributed by atoms with Gasteiger partial charge in [-0.25, -0.2) is 4.98 Å². The van der Waals surface area contributed by atoms with Crippen LogP contribution in [0.4, 0.5) is 5.82 Å². The number of hydrogen-bond acceptors (Lipinski definition) is 4. The Balaban J connectivity index is 1.96. The molecule has 1 amide bonds. The number of likely N-dealkylation sites (N-methyl/N-ethyl adjacent to an activating group) is 1. The highest BCUT2D eigenvalue weighted by atomic mass is 16.1.